The number of allylic oxidation sites excluding steroid dienone is 2. The third-order valence-corrected chi connectivity index (χ3v) is 3.74. The van der Waals surface area contributed by atoms with E-state index in [4.69, 9.17) is 0 Å². The highest BCUT2D eigenvalue weighted by molar-refractivity contribution is 5.95. The first kappa shape index (κ1) is 14.6. The maximum Gasteiger partial charge on any atom is -0.00820 e. The number of fused-ring (bicyclic) bond motifs is 5. The van der Waals surface area contributed by atoms with Gasteiger partial charge in [-0.3, -0.25) is 0 Å². The Kier molecular flexibility index (Phi) is 4.79. The van der Waals surface area contributed by atoms with Crippen molar-refractivity contribution in [3.8, 4) is 0 Å². The van der Waals surface area contributed by atoms with Crippen molar-refractivity contribution < 1.29 is 0 Å². The van der Waals surface area contributed by atoms with Crippen molar-refractivity contribution in [3.63, 3.8) is 0 Å². The smallest absolute Gasteiger partial charge is 0.00820 e. The lowest BCUT2D eigenvalue weighted by molar-refractivity contribution is 1.31. The predicted octanol–water partition coefficient (Wildman–Crippen LogP) is 6.03. The molecule has 0 N–H and O–H groups in total. The van der Waals surface area contributed by atoms with Gasteiger partial charge in [-0.05, 0) is 45.9 Å². The molecule has 2 aromatic carbocycles. The van der Waals surface area contributed by atoms with Crippen LogP contribution in [0.3, 0.4) is 0 Å². The Hall–Kier alpha value is -1.82. The molecule has 0 atom stereocenters. The summed E-state index contributed by atoms with van der Waals surface area (Å²) in [7, 11) is 0. The fourth-order valence-electron chi connectivity index (χ4n) is 2.94. The van der Waals surface area contributed by atoms with Crippen LogP contribution in [0, 0.1) is 0 Å². The monoisotopic (exact) mass is 264 g/mol. The molecule has 104 valence electrons. The van der Waals surface area contributed by atoms with Crippen LogP contribution in [-0.2, 0) is 12.8 Å². The van der Waals surface area contributed by atoms with Gasteiger partial charge in [0.15, 0.2) is 0 Å². The standard InChI is InChI=1S/C16H12.2C2H6/c1-3-11-7-9-16-14-6-2-4-12(14)8-10-15(16)13(11)5-1;2*1-2/h1-4,7-10H,5-6H2;2*1-2H3. The van der Waals surface area contributed by atoms with Gasteiger partial charge in [0.25, 0.3) is 0 Å². The van der Waals surface area contributed by atoms with Crippen LogP contribution in [0.15, 0.2) is 36.4 Å². The molecule has 0 nitrogen and oxygen atoms in total. The van der Waals surface area contributed by atoms with Gasteiger partial charge in [-0.25, -0.2) is 0 Å². The molecule has 0 aromatic heterocycles. The molecule has 0 saturated heterocycles. The maximum absolute atomic E-state index is 2.29. The summed E-state index contributed by atoms with van der Waals surface area (Å²) in [4.78, 5) is 0. The molecule has 0 saturated carbocycles. The molecule has 0 radical (unpaired) electrons. The lowest BCUT2D eigenvalue weighted by Gasteiger charge is -2.09. The van der Waals surface area contributed by atoms with E-state index < -0.39 is 0 Å². The van der Waals surface area contributed by atoms with Crippen molar-refractivity contribution >= 4 is 22.9 Å². The second-order valence-electron chi connectivity index (χ2n) is 4.57. The van der Waals surface area contributed by atoms with Gasteiger partial charge in [-0.15, -0.1) is 0 Å². The van der Waals surface area contributed by atoms with Crippen molar-refractivity contribution in [2.24, 2.45) is 0 Å². The van der Waals surface area contributed by atoms with Crippen molar-refractivity contribution in [1.82, 2.24) is 0 Å². The first-order valence-electron chi connectivity index (χ1n) is 7.84. The fraction of sp³-hybridized carbons (Fsp3) is 0.300. The molecule has 0 heteroatoms. The van der Waals surface area contributed by atoms with Crippen LogP contribution >= 0.6 is 0 Å². The molecule has 20 heavy (non-hydrogen) atoms. The molecular weight excluding hydrogens is 240 g/mol. The second kappa shape index (κ2) is 6.56. The lowest BCUT2D eigenvalue weighted by Crippen LogP contribution is -1.90. The average Bonchev–Trinajstić information content (AvgIpc) is 3.19. The molecular formula is C20H24. The predicted molar refractivity (Wildman–Crippen MR) is 92.1 cm³/mol. The average molecular weight is 264 g/mol. The molecule has 0 aliphatic heterocycles. The maximum atomic E-state index is 2.29. The molecule has 2 aromatic rings. The third-order valence-electron chi connectivity index (χ3n) is 3.74. The first-order chi connectivity index (χ1) is 9.93. The van der Waals surface area contributed by atoms with Crippen LogP contribution in [0.5, 0.6) is 0 Å². The zero-order chi connectivity index (χ0) is 14.5. The molecule has 0 bridgehead atoms. The molecule has 0 amide bonds. The van der Waals surface area contributed by atoms with E-state index in [-0.39, 0.29) is 0 Å². The minimum atomic E-state index is 1.10. The van der Waals surface area contributed by atoms with E-state index in [0.717, 1.165) is 12.8 Å². The number of benzene rings is 2. The van der Waals surface area contributed by atoms with Gasteiger partial charge in [-0.2, -0.15) is 0 Å². The van der Waals surface area contributed by atoms with Gasteiger partial charge in [0.1, 0.15) is 0 Å². The highest BCUT2D eigenvalue weighted by Gasteiger charge is 2.14. The van der Waals surface area contributed by atoms with Gasteiger partial charge in [0, 0.05) is 0 Å². The zero-order valence-electron chi connectivity index (χ0n) is 13.0. The minimum Gasteiger partial charge on any atom is -0.0795 e. The van der Waals surface area contributed by atoms with Gasteiger partial charge in [-0.1, -0.05) is 76.3 Å². The molecule has 0 heterocycles. The van der Waals surface area contributed by atoms with Crippen LogP contribution in [0.4, 0.5) is 0 Å². The van der Waals surface area contributed by atoms with E-state index in [1.54, 1.807) is 0 Å². The van der Waals surface area contributed by atoms with Gasteiger partial charge < -0.3 is 0 Å². The summed E-state index contributed by atoms with van der Waals surface area (Å²) in [5.41, 5.74) is 5.82. The molecule has 0 spiro atoms. The van der Waals surface area contributed by atoms with E-state index in [1.165, 1.54) is 33.0 Å². The number of hydrogen-bond acceptors (Lipinski definition) is 0. The van der Waals surface area contributed by atoms with E-state index in [2.05, 4.69) is 48.6 Å². The van der Waals surface area contributed by atoms with E-state index in [1.807, 2.05) is 27.7 Å². The van der Waals surface area contributed by atoms with Crippen molar-refractivity contribution in [1.29, 1.82) is 0 Å². The van der Waals surface area contributed by atoms with Gasteiger partial charge >= 0.3 is 0 Å². The molecule has 2 aliphatic rings. The number of rotatable bonds is 0. The normalized spacial score (nSPS) is 13.2. The highest BCUT2D eigenvalue weighted by atomic mass is 14.2. The summed E-state index contributed by atoms with van der Waals surface area (Å²) in [6, 6.07) is 9.10. The van der Waals surface area contributed by atoms with E-state index in [0.29, 0.717) is 0 Å². The zero-order valence-corrected chi connectivity index (χ0v) is 13.0. The number of hydrogen-bond donors (Lipinski definition) is 0. The summed E-state index contributed by atoms with van der Waals surface area (Å²) in [5, 5.41) is 2.90. The van der Waals surface area contributed by atoms with Gasteiger partial charge in [0.05, 0.1) is 0 Å². The van der Waals surface area contributed by atoms with E-state index >= 15 is 0 Å². The Morgan fingerprint density at radius 2 is 1.00 bits per heavy atom. The molecule has 0 unspecified atom stereocenters. The van der Waals surface area contributed by atoms with Crippen molar-refractivity contribution in [2.75, 3.05) is 0 Å². The Balaban J connectivity index is 0.000000340. The molecule has 0 fully saturated rings. The molecule has 2 aliphatic carbocycles. The first-order valence-corrected chi connectivity index (χ1v) is 7.84. The van der Waals surface area contributed by atoms with Crippen LogP contribution < -0.4 is 0 Å². The second-order valence-corrected chi connectivity index (χ2v) is 4.57. The minimum absolute atomic E-state index is 1.10. The summed E-state index contributed by atoms with van der Waals surface area (Å²) >= 11 is 0. The Labute approximate surface area is 122 Å². The Bertz CT molecular complexity index is 598. The topological polar surface area (TPSA) is 0 Å². The SMILES string of the molecule is C1=Cc2ccc3c4c(ccc3c2C1)C=CC4.CC.CC. The van der Waals surface area contributed by atoms with Crippen LogP contribution in [0.2, 0.25) is 0 Å². The quantitative estimate of drug-likeness (QED) is 0.545. The van der Waals surface area contributed by atoms with Crippen LogP contribution in [0.1, 0.15) is 49.9 Å². The Morgan fingerprint density at radius 1 is 0.600 bits per heavy atom. The fourth-order valence-corrected chi connectivity index (χ4v) is 2.94. The summed E-state index contributed by atoms with van der Waals surface area (Å²) in [6.07, 6.45) is 11.2. The van der Waals surface area contributed by atoms with Crippen molar-refractivity contribution in [2.45, 2.75) is 40.5 Å². The largest absolute Gasteiger partial charge is 0.0795 e. The lowest BCUT2D eigenvalue weighted by atomic mass is 9.95. The Morgan fingerprint density at radius 3 is 1.40 bits per heavy atom. The summed E-state index contributed by atoms with van der Waals surface area (Å²) in [6.45, 7) is 8.00. The van der Waals surface area contributed by atoms with Crippen molar-refractivity contribution in [3.05, 3.63) is 58.7 Å². The summed E-state index contributed by atoms with van der Waals surface area (Å²) in [5.74, 6) is 0. The van der Waals surface area contributed by atoms with Crippen LogP contribution in [-0.4, -0.2) is 0 Å². The third kappa shape index (κ3) is 2.31. The van der Waals surface area contributed by atoms with E-state index in [9.17, 15) is 0 Å². The van der Waals surface area contributed by atoms with Gasteiger partial charge in [0.2, 0.25) is 0 Å². The summed E-state index contributed by atoms with van der Waals surface area (Å²) < 4.78 is 0. The highest BCUT2D eigenvalue weighted by Crippen LogP contribution is 2.34. The van der Waals surface area contributed by atoms with Crippen LogP contribution in [0.25, 0.3) is 22.9 Å². The molecule has 4 rings (SSSR count).